The first-order valence-electron chi connectivity index (χ1n) is 14.3. The van der Waals surface area contributed by atoms with Crippen molar-refractivity contribution in [3.63, 3.8) is 0 Å². The fourth-order valence-corrected chi connectivity index (χ4v) is 5.47. The van der Waals surface area contributed by atoms with E-state index >= 15 is 0 Å². The molecule has 11 heteroatoms. The molecule has 0 saturated carbocycles. The summed E-state index contributed by atoms with van der Waals surface area (Å²) in [5.41, 5.74) is 3.45. The summed E-state index contributed by atoms with van der Waals surface area (Å²) in [6.45, 7) is 7.31. The van der Waals surface area contributed by atoms with Crippen molar-refractivity contribution >= 4 is 39.2 Å². The topological polar surface area (TPSA) is 107 Å². The number of aromatic hydroxyl groups is 2. The van der Waals surface area contributed by atoms with Gasteiger partial charge in [0.25, 0.3) is 0 Å². The van der Waals surface area contributed by atoms with E-state index in [0.717, 1.165) is 54.0 Å². The van der Waals surface area contributed by atoms with E-state index < -0.39 is 11.6 Å². The van der Waals surface area contributed by atoms with Gasteiger partial charge in [-0.15, -0.1) is 0 Å². The van der Waals surface area contributed by atoms with Crippen LogP contribution in [0.25, 0.3) is 44.6 Å². The van der Waals surface area contributed by atoms with Gasteiger partial charge in [0.15, 0.2) is 11.6 Å². The number of hydrogen-bond acceptors (Lipinski definition) is 8. The predicted octanol–water partition coefficient (Wildman–Crippen LogP) is 6.96. The number of anilines is 1. The molecule has 1 saturated heterocycles. The highest BCUT2D eigenvalue weighted by atomic mass is 35.5. The summed E-state index contributed by atoms with van der Waals surface area (Å²) >= 11 is 6.11. The van der Waals surface area contributed by atoms with E-state index in [0.29, 0.717) is 10.9 Å². The third-order valence-corrected chi connectivity index (χ3v) is 7.77. The lowest BCUT2D eigenvalue weighted by atomic mass is 10.1. The van der Waals surface area contributed by atoms with Crippen LogP contribution in [0, 0.1) is 25.5 Å². The van der Waals surface area contributed by atoms with Gasteiger partial charge < -0.3 is 20.4 Å². The SMILES string of the molecule is Cc1ccc2c(Cl)nc(-c3c(O)cccc3F)nc2c1.Cc1ccc2c(N3CCNCC3)nc(-c3c(O)cccc3F)nc2c1. The largest absolute Gasteiger partial charge is 0.507 e. The van der Waals surface area contributed by atoms with E-state index in [1.54, 1.807) is 0 Å². The van der Waals surface area contributed by atoms with Crippen LogP contribution >= 0.6 is 11.6 Å². The number of halogens is 3. The van der Waals surface area contributed by atoms with Gasteiger partial charge in [-0.05, 0) is 73.5 Å². The molecule has 228 valence electrons. The zero-order valence-electron chi connectivity index (χ0n) is 24.5. The first-order chi connectivity index (χ1) is 21.7. The van der Waals surface area contributed by atoms with Crippen molar-refractivity contribution < 1.29 is 19.0 Å². The molecule has 0 unspecified atom stereocenters. The lowest BCUT2D eigenvalue weighted by Crippen LogP contribution is -2.44. The van der Waals surface area contributed by atoms with E-state index in [4.69, 9.17) is 11.6 Å². The second-order valence-corrected chi connectivity index (χ2v) is 11.1. The van der Waals surface area contributed by atoms with E-state index in [-0.39, 0.29) is 39.4 Å². The van der Waals surface area contributed by atoms with Crippen LogP contribution in [0.4, 0.5) is 14.6 Å². The molecule has 3 N–H and O–H groups in total. The number of hydrogen-bond donors (Lipinski definition) is 3. The molecular formula is C34H29ClF2N6O2. The maximum Gasteiger partial charge on any atom is 0.168 e. The minimum absolute atomic E-state index is 0.0437. The molecule has 7 rings (SSSR count). The Labute approximate surface area is 263 Å². The number of aromatic nitrogens is 4. The summed E-state index contributed by atoms with van der Waals surface area (Å²) < 4.78 is 28.2. The maximum atomic E-state index is 14.3. The summed E-state index contributed by atoms with van der Waals surface area (Å²) in [4.78, 5) is 19.7. The third-order valence-electron chi connectivity index (χ3n) is 7.49. The Morgan fingerprint density at radius 3 is 1.76 bits per heavy atom. The Hall–Kier alpha value is -4.93. The molecule has 0 aliphatic carbocycles. The zero-order valence-corrected chi connectivity index (χ0v) is 25.3. The molecule has 4 aromatic carbocycles. The molecule has 0 radical (unpaired) electrons. The van der Waals surface area contributed by atoms with Crippen molar-refractivity contribution in [2.45, 2.75) is 13.8 Å². The van der Waals surface area contributed by atoms with Gasteiger partial charge in [-0.25, -0.2) is 28.7 Å². The minimum atomic E-state index is -0.590. The van der Waals surface area contributed by atoms with Crippen LogP contribution in [-0.4, -0.2) is 56.3 Å². The van der Waals surface area contributed by atoms with Crippen LogP contribution in [-0.2, 0) is 0 Å². The molecule has 0 atom stereocenters. The van der Waals surface area contributed by atoms with Crippen LogP contribution in [0.15, 0.2) is 72.8 Å². The first-order valence-corrected chi connectivity index (χ1v) is 14.7. The summed E-state index contributed by atoms with van der Waals surface area (Å²) in [5.74, 6) is -0.423. The van der Waals surface area contributed by atoms with Crippen LogP contribution in [0.5, 0.6) is 11.5 Å². The number of phenolic OH excluding ortho intramolecular Hbond substituents is 2. The fourth-order valence-electron chi connectivity index (χ4n) is 5.23. The van der Waals surface area contributed by atoms with Gasteiger partial charge in [-0.3, -0.25) is 0 Å². The number of phenols is 2. The monoisotopic (exact) mass is 626 g/mol. The standard InChI is InChI=1S/C19H19FN4O.C15H10ClFN2O/c1-12-5-6-13-15(11-12)22-18(17-14(20)3-2-4-16(17)25)23-19(13)24-9-7-21-8-10-24;1-8-5-6-9-11(7-8)18-15(19-14(9)16)13-10(17)3-2-4-12(13)20/h2-6,11,21,25H,7-10H2,1H3;2-7,20H,1H3. The molecule has 1 aliphatic rings. The Balaban J connectivity index is 0.000000163. The smallest absolute Gasteiger partial charge is 0.168 e. The van der Waals surface area contributed by atoms with Gasteiger partial charge in [-0.2, -0.15) is 0 Å². The van der Waals surface area contributed by atoms with Crippen molar-refractivity contribution in [3.05, 3.63) is 101 Å². The molecule has 6 aromatic rings. The van der Waals surface area contributed by atoms with E-state index in [2.05, 4.69) is 30.2 Å². The van der Waals surface area contributed by atoms with E-state index in [9.17, 15) is 19.0 Å². The summed E-state index contributed by atoms with van der Waals surface area (Å²) in [7, 11) is 0. The van der Waals surface area contributed by atoms with Gasteiger partial charge in [0, 0.05) is 37.0 Å². The average molecular weight is 627 g/mol. The third kappa shape index (κ3) is 6.20. The van der Waals surface area contributed by atoms with E-state index in [1.807, 2.05) is 50.2 Å². The highest BCUT2D eigenvalue weighted by Gasteiger charge is 2.21. The van der Waals surface area contributed by atoms with Crippen LogP contribution in [0.2, 0.25) is 5.15 Å². The van der Waals surface area contributed by atoms with Crippen LogP contribution in [0.3, 0.4) is 0 Å². The fraction of sp³-hybridized carbons (Fsp3) is 0.176. The summed E-state index contributed by atoms with van der Waals surface area (Å²) in [6.07, 6.45) is 0. The number of rotatable bonds is 3. The lowest BCUT2D eigenvalue weighted by molar-refractivity contribution is 0.470. The summed E-state index contributed by atoms with van der Waals surface area (Å²) in [5, 5.41) is 25.1. The second-order valence-electron chi connectivity index (χ2n) is 10.8. The lowest BCUT2D eigenvalue weighted by Gasteiger charge is -2.29. The normalized spacial score (nSPS) is 13.1. The van der Waals surface area contributed by atoms with Crippen molar-refractivity contribution in [1.82, 2.24) is 25.3 Å². The average Bonchev–Trinajstić information content (AvgIpc) is 3.01. The molecule has 1 fully saturated rings. The zero-order chi connectivity index (χ0) is 31.7. The Morgan fingerprint density at radius 2 is 1.20 bits per heavy atom. The van der Waals surface area contributed by atoms with E-state index in [1.165, 1.54) is 36.4 Å². The molecule has 0 amide bonds. The molecule has 45 heavy (non-hydrogen) atoms. The number of aryl methyl sites for hydroxylation is 2. The second kappa shape index (κ2) is 12.6. The highest BCUT2D eigenvalue weighted by Crippen LogP contribution is 2.34. The predicted molar refractivity (Wildman–Crippen MR) is 173 cm³/mol. The number of nitrogens with one attached hydrogen (secondary N) is 1. The van der Waals surface area contributed by atoms with Crippen LogP contribution in [0.1, 0.15) is 11.1 Å². The van der Waals surface area contributed by atoms with Gasteiger partial charge in [-0.1, -0.05) is 35.9 Å². The minimum Gasteiger partial charge on any atom is -0.507 e. The van der Waals surface area contributed by atoms with Gasteiger partial charge in [0.1, 0.15) is 34.1 Å². The quantitative estimate of drug-likeness (QED) is 0.181. The number of piperazine rings is 1. The van der Waals surface area contributed by atoms with Crippen LogP contribution < -0.4 is 10.2 Å². The number of benzene rings is 4. The van der Waals surface area contributed by atoms with Crippen molar-refractivity contribution in [2.24, 2.45) is 0 Å². The summed E-state index contributed by atoms with van der Waals surface area (Å²) in [6, 6.07) is 19.8. The van der Waals surface area contributed by atoms with Gasteiger partial charge in [0.05, 0.1) is 22.2 Å². The molecular weight excluding hydrogens is 598 g/mol. The Kier molecular flexibility index (Phi) is 8.42. The van der Waals surface area contributed by atoms with Gasteiger partial charge in [0.2, 0.25) is 0 Å². The van der Waals surface area contributed by atoms with Crippen molar-refractivity contribution in [2.75, 3.05) is 31.1 Å². The number of nitrogens with zero attached hydrogens (tertiary/aromatic N) is 5. The Bertz CT molecular complexity index is 2010. The molecule has 8 nitrogen and oxygen atoms in total. The van der Waals surface area contributed by atoms with Crippen molar-refractivity contribution in [3.8, 4) is 34.3 Å². The molecule has 3 heterocycles. The highest BCUT2D eigenvalue weighted by molar-refractivity contribution is 6.34. The molecule has 1 aliphatic heterocycles. The molecule has 2 aromatic heterocycles. The maximum absolute atomic E-state index is 14.3. The van der Waals surface area contributed by atoms with Gasteiger partial charge >= 0.3 is 0 Å². The Morgan fingerprint density at radius 1 is 0.689 bits per heavy atom. The molecule has 0 spiro atoms. The first kappa shape index (κ1) is 30.1. The number of fused-ring (bicyclic) bond motifs is 2. The molecule has 0 bridgehead atoms. The van der Waals surface area contributed by atoms with Crippen molar-refractivity contribution in [1.29, 1.82) is 0 Å².